The highest BCUT2D eigenvalue weighted by Crippen LogP contribution is 2.27. The van der Waals surface area contributed by atoms with Crippen LogP contribution < -0.4 is 10.1 Å². The molecule has 0 amide bonds. The van der Waals surface area contributed by atoms with Crippen LogP contribution in [0.3, 0.4) is 0 Å². The molecule has 0 bridgehead atoms. The van der Waals surface area contributed by atoms with E-state index in [9.17, 15) is 13.2 Å². The van der Waals surface area contributed by atoms with Crippen LogP contribution >= 0.6 is 0 Å². The highest BCUT2D eigenvalue weighted by atomic mass is 19.4. The molecule has 1 aromatic rings. The fourth-order valence-corrected chi connectivity index (χ4v) is 2.06. The summed E-state index contributed by atoms with van der Waals surface area (Å²) < 4.78 is 40.7. The molecule has 2 nitrogen and oxygen atoms in total. The predicted molar refractivity (Wildman–Crippen MR) is 73.6 cm³/mol. The first-order valence-corrected chi connectivity index (χ1v) is 6.91. The van der Waals surface area contributed by atoms with Gasteiger partial charge in [-0.2, -0.15) is 0 Å². The first-order valence-electron chi connectivity index (χ1n) is 6.91. The van der Waals surface area contributed by atoms with Crippen LogP contribution in [0.15, 0.2) is 24.3 Å². The molecule has 1 N–H and O–H groups in total. The minimum Gasteiger partial charge on any atom is -0.406 e. The molecular formula is C15H22F3NO. The lowest BCUT2D eigenvalue weighted by molar-refractivity contribution is -0.274. The van der Waals surface area contributed by atoms with Gasteiger partial charge in [0.2, 0.25) is 0 Å². The lowest BCUT2D eigenvalue weighted by atomic mass is 9.97. The van der Waals surface area contributed by atoms with Crippen molar-refractivity contribution in [1.29, 1.82) is 0 Å². The fourth-order valence-electron chi connectivity index (χ4n) is 2.06. The summed E-state index contributed by atoms with van der Waals surface area (Å²) in [7, 11) is 0. The fraction of sp³-hybridized carbons (Fsp3) is 0.600. The summed E-state index contributed by atoms with van der Waals surface area (Å²) in [4.78, 5) is 0. The van der Waals surface area contributed by atoms with Gasteiger partial charge in [0.05, 0.1) is 0 Å². The van der Waals surface area contributed by atoms with Crippen molar-refractivity contribution in [3.63, 3.8) is 0 Å². The monoisotopic (exact) mass is 289 g/mol. The molecule has 0 spiro atoms. The SMILES string of the molecule is CCNC(CCC(C)C)c1cccc(OC(F)(F)F)c1. The number of hydrogen-bond acceptors (Lipinski definition) is 2. The van der Waals surface area contributed by atoms with E-state index >= 15 is 0 Å². The summed E-state index contributed by atoms with van der Waals surface area (Å²) in [5.41, 5.74) is 0.828. The molecule has 1 rings (SSSR count). The highest BCUT2D eigenvalue weighted by molar-refractivity contribution is 5.30. The summed E-state index contributed by atoms with van der Waals surface area (Å²) in [6.45, 7) is 7.02. The van der Waals surface area contributed by atoms with Crippen LogP contribution in [0.1, 0.15) is 45.2 Å². The van der Waals surface area contributed by atoms with Gasteiger partial charge in [0.1, 0.15) is 5.75 Å². The number of ether oxygens (including phenoxy) is 1. The normalized spacial score (nSPS) is 13.6. The first kappa shape index (κ1) is 16.8. The summed E-state index contributed by atoms with van der Waals surface area (Å²) in [6.07, 6.45) is -2.74. The van der Waals surface area contributed by atoms with Crippen LogP contribution in [0.5, 0.6) is 5.75 Å². The Morgan fingerprint density at radius 2 is 1.90 bits per heavy atom. The lowest BCUT2D eigenvalue weighted by Crippen LogP contribution is -2.22. The third kappa shape index (κ3) is 6.28. The Morgan fingerprint density at radius 1 is 1.20 bits per heavy atom. The Labute approximate surface area is 118 Å². The number of rotatable bonds is 7. The Balaban J connectivity index is 2.82. The largest absolute Gasteiger partial charge is 0.573 e. The van der Waals surface area contributed by atoms with E-state index in [2.05, 4.69) is 23.9 Å². The van der Waals surface area contributed by atoms with Crippen LogP contribution in [0.4, 0.5) is 13.2 Å². The third-order valence-corrected chi connectivity index (χ3v) is 2.98. The lowest BCUT2D eigenvalue weighted by Gasteiger charge is -2.20. The summed E-state index contributed by atoms with van der Waals surface area (Å²) in [6, 6.07) is 6.26. The molecule has 0 aromatic heterocycles. The van der Waals surface area contributed by atoms with E-state index in [1.807, 2.05) is 13.0 Å². The van der Waals surface area contributed by atoms with Gasteiger partial charge in [-0.3, -0.25) is 0 Å². The molecule has 114 valence electrons. The molecule has 20 heavy (non-hydrogen) atoms. The van der Waals surface area contributed by atoms with Crippen molar-refractivity contribution in [1.82, 2.24) is 5.32 Å². The standard InChI is InChI=1S/C15H22F3NO/c1-4-19-14(9-8-11(2)3)12-6-5-7-13(10-12)20-15(16,17)18/h5-7,10-11,14,19H,4,8-9H2,1-3H3. The topological polar surface area (TPSA) is 21.3 Å². The minimum atomic E-state index is -4.65. The van der Waals surface area contributed by atoms with Gasteiger partial charge in [-0.05, 0) is 43.0 Å². The molecule has 0 fully saturated rings. The quantitative estimate of drug-likeness (QED) is 0.787. The maximum Gasteiger partial charge on any atom is 0.573 e. The zero-order valence-corrected chi connectivity index (χ0v) is 12.1. The Hall–Kier alpha value is -1.23. The maximum atomic E-state index is 12.2. The first-order chi connectivity index (χ1) is 9.31. The number of benzene rings is 1. The highest BCUT2D eigenvalue weighted by Gasteiger charge is 2.31. The van der Waals surface area contributed by atoms with E-state index in [-0.39, 0.29) is 11.8 Å². The molecule has 0 saturated carbocycles. The average Bonchev–Trinajstić information content (AvgIpc) is 2.32. The van der Waals surface area contributed by atoms with E-state index in [0.29, 0.717) is 5.92 Å². The molecule has 1 unspecified atom stereocenters. The van der Waals surface area contributed by atoms with Gasteiger partial charge in [-0.1, -0.05) is 32.9 Å². The summed E-state index contributed by atoms with van der Waals surface area (Å²) >= 11 is 0. The van der Waals surface area contributed by atoms with Crippen molar-refractivity contribution in [3.8, 4) is 5.75 Å². The van der Waals surface area contributed by atoms with E-state index in [1.165, 1.54) is 12.1 Å². The molecule has 0 aliphatic heterocycles. The number of nitrogens with one attached hydrogen (secondary N) is 1. The van der Waals surface area contributed by atoms with Crippen molar-refractivity contribution >= 4 is 0 Å². The van der Waals surface area contributed by atoms with Crippen LogP contribution in [0, 0.1) is 5.92 Å². The average molecular weight is 289 g/mol. The molecule has 0 aliphatic rings. The van der Waals surface area contributed by atoms with Crippen molar-refractivity contribution in [2.24, 2.45) is 5.92 Å². The zero-order valence-electron chi connectivity index (χ0n) is 12.1. The van der Waals surface area contributed by atoms with Gasteiger partial charge in [0.15, 0.2) is 0 Å². The second-order valence-corrected chi connectivity index (χ2v) is 5.20. The summed E-state index contributed by atoms with van der Waals surface area (Å²) in [5.74, 6) is 0.396. The van der Waals surface area contributed by atoms with Crippen molar-refractivity contribution in [3.05, 3.63) is 29.8 Å². The molecule has 1 atom stereocenters. The Bertz CT molecular complexity index is 404. The Morgan fingerprint density at radius 3 is 2.45 bits per heavy atom. The van der Waals surface area contributed by atoms with E-state index in [4.69, 9.17) is 0 Å². The third-order valence-electron chi connectivity index (χ3n) is 2.98. The van der Waals surface area contributed by atoms with Crippen LogP contribution in [-0.2, 0) is 0 Å². The van der Waals surface area contributed by atoms with Crippen LogP contribution in [0.25, 0.3) is 0 Å². The van der Waals surface area contributed by atoms with Gasteiger partial charge in [-0.25, -0.2) is 0 Å². The molecule has 5 heteroatoms. The molecule has 0 radical (unpaired) electrons. The number of hydrogen-bond donors (Lipinski definition) is 1. The predicted octanol–water partition coefficient (Wildman–Crippen LogP) is 4.67. The van der Waals surface area contributed by atoms with Crippen molar-refractivity contribution in [2.45, 2.75) is 46.0 Å². The minimum absolute atomic E-state index is 0.0548. The zero-order chi connectivity index (χ0) is 15.2. The molecule has 0 saturated heterocycles. The summed E-state index contributed by atoms with van der Waals surface area (Å²) in [5, 5.41) is 3.31. The molecular weight excluding hydrogens is 267 g/mol. The number of halogens is 3. The van der Waals surface area contributed by atoms with Gasteiger partial charge in [-0.15, -0.1) is 13.2 Å². The van der Waals surface area contributed by atoms with E-state index in [1.54, 1.807) is 6.07 Å². The second kappa shape index (κ2) is 7.53. The van der Waals surface area contributed by atoms with E-state index < -0.39 is 6.36 Å². The smallest absolute Gasteiger partial charge is 0.406 e. The molecule has 0 aliphatic carbocycles. The number of alkyl halides is 3. The van der Waals surface area contributed by atoms with Crippen LogP contribution in [0.2, 0.25) is 0 Å². The van der Waals surface area contributed by atoms with Gasteiger partial charge in [0.25, 0.3) is 0 Å². The van der Waals surface area contributed by atoms with Gasteiger partial charge >= 0.3 is 6.36 Å². The molecule has 0 heterocycles. The Kier molecular flexibility index (Phi) is 6.33. The van der Waals surface area contributed by atoms with Crippen molar-refractivity contribution in [2.75, 3.05) is 6.54 Å². The maximum absolute atomic E-state index is 12.2. The second-order valence-electron chi connectivity index (χ2n) is 5.20. The molecule has 1 aromatic carbocycles. The van der Waals surface area contributed by atoms with Crippen molar-refractivity contribution < 1.29 is 17.9 Å². The van der Waals surface area contributed by atoms with Gasteiger partial charge in [0, 0.05) is 6.04 Å². The van der Waals surface area contributed by atoms with Crippen LogP contribution in [-0.4, -0.2) is 12.9 Å². The van der Waals surface area contributed by atoms with Gasteiger partial charge < -0.3 is 10.1 Å². The van der Waals surface area contributed by atoms with E-state index in [0.717, 1.165) is 24.9 Å².